The highest BCUT2D eigenvalue weighted by Gasteiger charge is 2.12. The summed E-state index contributed by atoms with van der Waals surface area (Å²) >= 11 is 0. The minimum Gasteiger partial charge on any atom is -0.493 e. The number of benzene rings is 1. The third kappa shape index (κ3) is 2.01. The number of nitro groups is 1. The van der Waals surface area contributed by atoms with Gasteiger partial charge in [0.1, 0.15) is 0 Å². The van der Waals surface area contributed by atoms with Crippen LogP contribution in [-0.4, -0.2) is 19.8 Å². The third-order valence-corrected chi connectivity index (χ3v) is 2.81. The van der Waals surface area contributed by atoms with Crippen molar-refractivity contribution in [1.82, 2.24) is 9.78 Å². The number of non-ortho nitro benzene ring substituents is 1. The summed E-state index contributed by atoms with van der Waals surface area (Å²) in [6, 6.07) is 8.96. The summed E-state index contributed by atoms with van der Waals surface area (Å²) in [6.45, 7) is 0. The molecule has 0 radical (unpaired) electrons. The van der Waals surface area contributed by atoms with Crippen molar-refractivity contribution in [2.75, 3.05) is 0 Å². The standard InChI is InChI=1S/C13H9N3O4/c17-13-7-12(9-5-6-20-8-9)14-15(13)10-1-3-11(4-2-10)16(18)19/h1-8,17H. The van der Waals surface area contributed by atoms with E-state index in [-0.39, 0.29) is 11.6 Å². The van der Waals surface area contributed by atoms with Crippen LogP contribution in [0.15, 0.2) is 53.3 Å². The Kier molecular flexibility index (Phi) is 2.72. The van der Waals surface area contributed by atoms with Gasteiger partial charge in [-0.2, -0.15) is 5.10 Å². The van der Waals surface area contributed by atoms with Crippen LogP contribution in [0.5, 0.6) is 5.88 Å². The molecule has 0 aliphatic carbocycles. The number of rotatable bonds is 3. The highest BCUT2D eigenvalue weighted by atomic mass is 16.6. The van der Waals surface area contributed by atoms with E-state index in [0.29, 0.717) is 11.4 Å². The van der Waals surface area contributed by atoms with E-state index in [1.807, 2.05) is 0 Å². The first-order valence-corrected chi connectivity index (χ1v) is 5.71. The van der Waals surface area contributed by atoms with E-state index in [9.17, 15) is 15.2 Å². The van der Waals surface area contributed by atoms with E-state index in [1.54, 1.807) is 6.07 Å². The van der Waals surface area contributed by atoms with E-state index in [0.717, 1.165) is 5.56 Å². The first kappa shape index (κ1) is 12.0. The summed E-state index contributed by atoms with van der Waals surface area (Å²) in [5, 5.41) is 24.7. The normalized spacial score (nSPS) is 10.6. The second-order valence-electron chi connectivity index (χ2n) is 4.09. The zero-order chi connectivity index (χ0) is 14.1. The Balaban J connectivity index is 2.00. The summed E-state index contributed by atoms with van der Waals surface area (Å²) < 4.78 is 6.26. The van der Waals surface area contributed by atoms with Gasteiger partial charge < -0.3 is 9.52 Å². The van der Waals surface area contributed by atoms with Crippen LogP contribution >= 0.6 is 0 Å². The zero-order valence-corrected chi connectivity index (χ0v) is 10.1. The van der Waals surface area contributed by atoms with Crippen LogP contribution in [0.25, 0.3) is 16.9 Å². The van der Waals surface area contributed by atoms with Gasteiger partial charge in [0.25, 0.3) is 5.69 Å². The summed E-state index contributed by atoms with van der Waals surface area (Å²) in [5.41, 5.74) is 1.80. The molecule has 1 aromatic carbocycles. The maximum atomic E-state index is 10.6. The SMILES string of the molecule is O=[N+]([O-])c1ccc(-n2nc(-c3ccoc3)cc2O)cc1. The molecule has 0 saturated heterocycles. The van der Waals surface area contributed by atoms with Gasteiger partial charge in [0.15, 0.2) is 0 Å². The lowest BCUT2D eigenvalue weighted by Crippen LogP contribution is -1.96. The second-order valence-corrected chi connectivity index (χ2v) is 4.09. The molecular weight excluding hydrogens is 262 g/mol. The molecule has 100 valence electrons. The second kappa shape index (κ2) is 4.54. The van der Waals surface area contributed by atoms with Gasteiger partial charge in [0, 0.05) is 23.8 Å². The zero-order valence-electron chi connectivity index (χ0n) is 10.1. The van der Waals surface area contributed by atoms with Crippen LogP contribution < -0.4 is 0 Å². The molecule has 20 heavy (non-hydrogen) atoms. The molecule has 0 bridgehead atoms. The highest BCUT2D eigenvalue weighted by molar-refractivity contribution is 5.59. The molecule has 0 aliphatic heterocycles. The number of hydrogen-bond donors (Lipinski definition) is 1. The summed E-state index contributed by atoms with van der Waals surface area (Å²) in [4.78, 5) is 10.1. The van der Waals surface area contributed by atoms with Crippen LogP contribution in [0.1, 0.15) is 0 Å². The molecular formula is C13H9N3O4. The number of furan rings is 1. The van der Waals surface area contributed by atoms with Crippen molar-refractivity contribution < 1.29 is 14.4 Å². The molecule has 0 unspecified atom stereocenters. The van der Waals surface area contributed by atoms with Crippen molar-refractivity contribution >= 4 is 5.69 Å². The van der Waals surface area contributed by atoms with Crippen LogP contribution in [0.2, 0.25) is 0 Å². The van der Waals surface area contributed by atoms with Gasteiger partial charge in [-0.25, -0.2) is 4.68 Å². The molecule has 0 fully saturated rings. The monoisotopic (exact) mass is 271 g/mol. The Labute approximate surface area is 112 Å². The van der Waals surface area contributed by atoms with Crippen LogP contribution in [0.3, 0.4) is 0 Å². The molecule has 0 amide bonds. The van der Waals surface area contributed by atoms with E-state index in [2.05, 4.69) is 5.10 Å². The van der Waals surface area contributed by atoms with Gasteiger partial charge >= 0.3 is 0 Å². The van der Waals surface area contributed by atoms with Crippen molar-refractivity contribution in [3.63, 3.8) is 0 Å². The van der Waals surface area contributed by atoms with E-state index in [4.69, 9.17) is 4.42 Å². The maximum absolute atomic E-state index is 10.6. The van der Waals surface area contributed by atoms with Crippen LogP contribution in [0.4, 0.5) is 5.69 Å². The first-order valence-electron chi connectivity index (χ1n) is 5.71. The van der Waals surface area contributed by atoms with Gasteiger partial charge in [-0.05, 0) is 18.2 Å². The van der Waals surface area contributed by atoms with Gasteiger partial charge in [-0.1, -0.05) is 0 Å². The molecule has 0 atom stereocenters. The molecule has 0 aliphatic rings. The predicted molar refractivity (Wildman–Crippen MR) is 69.6 cm³/mol. The molecule has 3 aromatic rings. The van der Waals surface area contributed by atoms with Crippen molar-refractivity contribution in [3.05, 3.63) is 59.0 Å². The maximum Gasteiger partial charge on any atom is 0.269 e. The minimum atomic E-state index is -0.483. The van der Waals surface area contributed by atoms with E-state index >= 15 is 0 Å². The lowest BCUT2D eigenvalue weighted by Gasteiger charge is -2.02. The molecule has 2 heterocycles. The lowest BCUT2D eigenvalue weighted by molar-refractivity contribution is -0.384. The first-order chi connectivity index (χ1) is 9.65. The van der Waals surface area contributed by atoms with Crippen LogP contribution in [-0.2, 0) is 0 Å². The molecule has 7 nitrogen and oxygen atoms in total. The fourth-order valence-corrected chi connectivity index (χ4v) is 1.83. The fourth-order valence-electron chi connectivity index (χ4n) is 1.83. The Morgan fingerprint density at radius 3 is 2.60 bits per heavy atom. The Morgan fingerprint density at radius 2 is 2.00 bits per heavy atom. The predicted octanol–water partition coefficient (Wildman–Crippen LogP) is 2.75. The van der Waals surface area contributed by atoms with Crippen molar-refractivity contribution in [2.45, 2.75) is 0 Å². The van der Waals surface area contributed by atoms with Crippen LogP contribution in [0, 0.1) is 10.1 Å². The smallest absolute Gasteiger partial charge is 0.269 e. The molecule has 1 N–H and O–H groups in total. The Bertz CT molecular complexity index is 745. The number of aromatic hydroxyl groups is 1. The van der Waals surface area contributed by atoms with E-state index < -0.39 is 4.92 Å². The summed E-state index contributed by atoms with van der Waals surface area (Å²) in [7, 11) is 0. The molecule has 7 heteroatoms. The average molecular weight is 271 g/mol. The minimum absolute atomic E-state index is 0.0181. The van der Waals surface area contributed by atoms with E-state index in [1.165, 1.54) is 47.5 Å². The van der Waals surface area contributed by atoms with Gasteiger partial charge in [0.05, 0.1) is 28.8 Å². The largest absolute Gasteiger partial charge is 0.493 e. The number of aromatic nitrogens is 2. The van der Waals surface area contributed by atoms with Crippen molar-refractivity contribution in [1.29, 1.82) is 0 Å². The molecule has 3 rings (SSSR count). The van der Waals surface area contributed by atoms with Gasteiger partial charge in [-0.3, -0.25) is 10.1 Å². The molecule has 2 aromatic heterocycles. The fraction of sp³-hybridized carbons (Fsp3) is 0. The number of nitro benzene ring substituents is 1. The Hall–Kier alpha value is -3.09. The van der Waals surface area contributed by atoms with Crippen molar-refractivity contribution in [3.8, 4) is 22.8 Å². The highest BCUT2D eigenvalue weighted by Crippen LogP contribution is 2.26. The van der Waals surface area contributed by atoms with Gasteiger partial charge in [-0.15, -0.1) is 0 Å². The lowest BCUT2D eigenvalue weighted by atomic mass is 10.2. The quantitative estimate of drug-likeness (QED) is 0.583. The Morgan fingerprint density at radius 1 is 1.25 bits per heavy atom. The van der Waals surface area contributed by atoms with Gasteiger partial charge in [0.2, 0.25) is 5.88 Å². The topological polar surface area (TPSA) is 94.3 Å². The average Bonchev–Trinajstić information content (AvgIpc) is 3.08. The molecule has 0 saturated carbocycles. The number of hydrogen-bond acceptors (Lipinski definition) is 5. The number of nitrogens with zero attached hydrogens (tertiary/aromatic N) is 3. The summed E-state index contributed by atoms with van der Waals surface area (Å²) in [5.74, 6) is -0.0601. The summed E-state index contributed by atoms with van der Waals surface area (Å²) in [6.07, 6.45) is 3.03. The molecule has 0 spiro atoms. The van der Waals surface area contributed by atoms with Crippen molar-refractivity contribution in [2.24, 2.45) is 0 Å². The third-order valence-electron chi connectivity index (χ3n) is 2.81.